The first-order valence-corrected chi connectivity index (χ1v) is 8.66. The van der Waals surface area contributed by atoms with Crippen molar-refractivity contribution in [2.45, 2.75) is 24.4 Å². The Hall–Kier alpha value is -2.91. The van der Waals surface area contributed by atoms with Gasteiger partial charge in [0.15, 0.2) is 11.9 Å². The lowest BCUT2D eigenvalue weighted by molar-refractivity contribution is 0.00475. The molecule has 0 bridgehead atoms. The fraction of sp³-hybridized carbons (Fsp3) is 0.389. The summed E-state index contributed by atoms with van der Waals surface area (Å²) in [6, 6.07) is 5.26. The summed E-state index contributed by atoms with van der Waals surface area (Å²) in [4.78, 5) is 20.4. The van der Waals surface area contributed by atoms with Gasteiger partial charge in [0.1, 0.15) is 17.9 Å². The van der Waals surface area contributed by atoms with Gasteiger partial charge >= 0.3 is 6.09 Å². The fourth-order valence-electron chi connectivity index (χ4n) is 3.18. The Balaban J connectivity index is 1.37. The molecule has 4 unspecified atom stereocenters. The van der Waals surface area contributed by atoms with Gasteiger partial charge in [-0.15, -0.1) is 6.58 Å². The van der Waals surface area contributed by atoms with Gasteiger partial charge in [0.05, 0.1) is 25.5 Å². The number of alkyl carbamates (subject to hydrolysis) is 1. The summed E-state index contributed by atoms with van der Waals surface area (Å²) < 4.78 is 22.3. The number of ether oxygens (including phenoxy) is 3. The zero-order valence-electron chi connectivity index (χ0n) is 14.5. The molecule has 2 N–H and O–H groups in total. The number of carbonyl (C=O) groups excluding carboxylic acids is 1. The van der Waals surface area contributed by atoms with Crippen LogP contribution in [0.25, 0.3) is 11.5 Å². The third-order valence-electron chi connectivity index (χ3n) is 4.40. The predicted molar refractivity (Wildman–Crippen MR) is 95.1 cm³/mol. The molecule has 2 aromatic rings. The summed E-state index contributed by atoms with van der Waals surface area (Å²) >= 11 is 0. The van der Waals surface area contributed by atoms with Crippen LogP contribution in [-0.2, 0) is 14.2 Å². The van der Waals surface area contributed by atoms with E-state index in [0.717, 1.165) is 0 Å². The lowest BCUT2D eigenvalue weighted by Crippen LogP contribution is -2.39. The van der Waals surface area contributed by atoms with Crippen LogP contribution in [0.15, 0.2) is 47.7 Å². The van der Waals surface area contributed by atoms with E-state index in [1.807, 2.05) is 6.07 Å². The van der Waals surface area contributed by atoms with Gasteiger partial charge in [-0.3, -0.25) is 0 Å². The predicted octanol–water partition coefficient (Wildman–Crippen LogP) is 1.60. The van der Waals surface area contributed by atoms with Crippen molar-refractivity contribution in [3.8, 4) is 11.5 Å². The van der Waals surface area contributed by atoms with E-state index in [1.54, 1.807) is 30.7 Å². The summed E-state index contributed by atoms with van der Waals surface area (Å²) in [5.41, 5.74) is 0.681. The molecule has 2 fully saturated rings. The monoisotopic (exact) mass is 372 g/mol. The van der Waals surface area contributed by atoms with E-state index in [0.29, 0.717) is 30.6 Å². The molecule has 27 heavy (non-hydrogen) atoms. The van der Waals surface area contributed by atoms with Crippen molar-refractivity contribution in [2.75, 3.05) is 25.1 Å². The van der Waals surface area contributed by atoms with Crippen LogP contribution < -0.4 is 10.6 Å². The number of aromatic nitrogens is 2. The van der Waals surface area contributed by atoms with Crippen LogP contribution in [0.4, 0.5) is 10.7 Å². The molecule has 0 spiro atoms. The van der Waals surface area contributed by atoms with Crippen molar-refractivity contribution >= 4 is 12.0 Å². The zero-order valence-corrected chi connectivity index (χ0v) is 14.5. The highest BCUT2D eigenvalue weighted by atomic mass is 16.6. The Morgan fingerprint density at radius 3 is 3.04 bits per heavy atom. The molecule has 2 saturated heterocycles. The first-order chi connectivity index (χ1) is 13.2. The molecule has 2 aromatic heterocycles. The maximum absolute atomic E-state index is 11.7. The molecular weight excluding hydrogens is 352 g/mol. The van der Waals surface area contributed by atoms with E-state index in [9.17, 15) is 4.79 Å². The van der Waals surface area contributed by atoms with Crippen LogP contribution in [-0.4, -0.2) is 60.2 Å². The number of hydrogen-bond acceptors (Lipinski definition) is 8. The summed E-state index contributed by atoms with van der Waals surface area (Å²) in [7, 11) is 0. The summed E-state index contributed by atoms with van der Waals surface area (Å²) in [5, 5.41) is 5.81. The van der Waals surface area contributed by atoms with Gasteiger partial charge in [-0.1, -0.05) is 6.08 Å². The quantitative estimate of drug-likeness (QED) is 0.736. The van der Waals surface area contributed by atoms with Crippen molar-refractivity contribution < 1.29 is 23.4 Å². The lowest BCUT2D eigenvalue weighted by atomic mass is 10.1. The van der Waals surface area contributed by atoms with Crippen molar-refractivity contribution in [2.24, 2.45) is 0 Å². The number of carbonyl (C=O) groups is 1. The average Bonchev–Trinajstić information content (AvgIpc) is 3.41. The van der Waals surface area contributed by atoms with Gasteiger partial charge < -0.3 is 29.3 Å². The first-order valence-electron chi connectivity index (χ1n) is 8.66. The highest BCUT2D eigenvalue weighted by molar-refractivity contribution is 5.67. The summed E-state index contributed by atoms with van der Waals surface area (Å²) in [6.07, 6.45) is 3.28. The van der Waals surface area contributed by atoms with Crippen molar-refractivity contribution in [1.82, 2.24) is 15.3 Å². The Labute approximate surface area is 155 Å². The molecule has 2 aliphatic heterocycles. The number of anilines is 1. The lowest BCUT2D eigenvalue weighted by Gasteiger charge is -2.18. The highest BCUT2D eigenvalue weighted by Gasteiger charge is 2.49. The Kier molecular flexibility index (Phi) is 5.03. The maximum Gasteiger partial charge on any atom is 0.407 e. The number of nitrogens with zero attached hydrogens (tertiary/aromatic N) is 2. The Bertz CT molecular complexity index is 797. The molecule has 142 valence electrons. The van der Waals surface area contributed by atoms with Crippen LogP contribution in [0.5, 0.6) is 0 Å². The van der Waals surface area contributed by atoms with Crippen LogP contribution >= 0.6 is 0 Å². The molecule has 4 heterocycles. The number of hydrogen-bond donors (Lipinski definition) is 2. The molecule has 0 saturated carbocycles. The van der Waals surface area contributed by atoms with Crippen LogP contribution in [0.2, 0.25) is 0 Å². The molecule has 0 aliphatic carbocycles. The second-order valence-electron chi connectivity index (χ2n) is 6.20. The van der Waals surface area contributed by atoms with Gasteiger partial charge in [0.25, 0.3) is 0 Å². The van der Waals surface area contributed by atoms with Gasteiger partial charge in [-0.05, 0) is 18.2 Å². The second-order valence-corrected chi connectivity index (χ2v) is 6.20. The Morgan fingerprint density at radius 2 is 2.22 bits per heavy atom. The van der Waals surface area contributed by atoms with E-state index in [2.05, 4.69) is 27.2 Å². The summed E-state index contributed by atoms with van der Waals surface area (Å²) in [6.45, 7) is 4.57. The van der Waals surface area contributed by atoms with Gasteiger partial charge in [-0.2, -0.15) is 0 Å². The molecule has 4 rings (SSSR count). The largest absolute Gasteiger partial charge is 0.463 e. The minimum atomic E-state index is -0.515. The molecule has 9 heteroatoms. The van der Waals surface area contributed by atoms with E-state index < -0.39 is 12.2 Å². The maximum atomic E-state index is 11.7. The normalized spacial score (nSPS) is 26.4. The minimum Gasteiger partial charge on any atom is -0.463 e. The van der Waals surface area contributed by atoms with E-state index in [-0.39, 0.29) is 24.9 Å². The third kappa shape index (κ3) is 3.79. The van der Waals surface area contributed by atoms with Crippen molar-refractivity contribution in [3.63, 3.8) is 0 Å². The number of furan rings is 1. The molecule has 0 radical (unpaired) electrons. The molecular formula is C18H20N4O5. The van der Waals surface area contributed by atoms with Crippen LogP contribution in [0.3, 0.4) is 0 Å². The number of rotatable bonds is 6. The molecule has 9 nitrogen and oxygen atoms in total. The standard InChI is InChI=1S/C18H20N4O5/c1-2-6-20-18(23)27-14-10-26-15-12(9-25-16(14)15)22-17-19-7-5-11(21-17)13-4-3-8-24-13/h2-5,7-8,12,14-16H,1,6,9-10H2,(H,20,23)(H,19,21,22). The van der Waals surface area contributed by atoms with E-state index >= 15 is 0 Å². The van der Waals surface area contributed by atoms with E-state index in [1.165, 1.54) is 0 Å². The van der Waals surface area contributed by atoms with Crippen LogP contribution in [0.1, 0.15) is 0 Å². The minimum absolute atomic E-state index is 0.147. The van der Waals surface area contributed by atoms with Gasteiger partial charge in [-0.25, -0.2) is 14.8 Å². The number of amides is 1. The zero-order chi connectivity index (χ0) is 18.6. The molecule has 2 aliphatic rings. The smallest absolute Gasteiger partial charge is 0.407 e. The van der Waals surface area contributed by atoms with E-state index in [4.69, 9.17) is 18.6 Å². The Morgan fingerprint density at radius 1 is 1.33 bits per heavy atom. The molecule has 1 amide bonds. The fourth-order valence-corrected chi connectivity index (χ4v) is 3.18. The number of fused-ring (bicyclic) bond motifs is 1. The van der Waals surface area contributed by atoms with Gasteiger partial charge in [0, 0.05) is 12.7 Å². The first kappa shape index (κ1) is 17.5. The van der Waals surface area contributed by atoms with Gasteiger partial charge in [0.2, 0.25) is 5.95 Å². The highest BCUT2D eigenvalue weighted by Crippen LogP contribution is 2.30. The number of nitrogens with one attached hydrogen (secondary N) is 2. The van der Waals surface area contributed by atoms with Crippen molar-refractivity contribution in [3.05, 3.63) is 43.3 Å². The average molecular weight is 372 g/mol. The molecule has 0 aromatic carbocycles. The van der Waals surface area contributed by atoms with Crippen LogP contribution in [0, 0.1) is 0 Å². The molecule has 4 atom stereocenters. The SMILES string of the molecule is C=CCNC(=O)OC1COC2C(Nc3nccc(-c4ccco4)n3)COC12. The topological polar surface area (TPSA) is 108 Å². The summed E-state index contributed by atoms with van der Waals surface area (Å²) in [5.74, 6) is 1.12. The van der Waals surface area contributed by atoms with Crippen molar-refractivity contribution in [1.29, 1.82) is 0 Å². The third-order valence-corrected chi connectivity index (χ3v) is 4.40. The second kappa shape index (κ2) is 7.77.